The number of anilines is 2. The third-order valence-corrected chi connectivity index (χ3v) is 2.99. The fourth-order valence-electron chi connectivity index (χ4n) is 2.03. The van der Waals surface area contributed by atoms with Gasteiger partial charge in [-0.2, -0.15) is 5.26 Å². The summed E-state index contributed by atoms with van der Waals surface area (Å²) in [6.07, 6.45) is 1.87. The molecule has 0 aromatic heterocycles. The summed E-state index contributed by atoms with van der Waals surface area (Å²) >= 11 is 0. The Balaban J connectivity index is 2.15. The second-order valence-electron chi connectivity index (χ2n) is 4.13. The maximum atomic E-state index is 11.5. The van der Waals surface area contributed by atoms with E-state index in [2.05, 4.69) is 17.5 Å². The zero-order chi connectivity index (χ0) is 12.3. The lowest BCUT2D eigenvalue weighted by Gasteiger charge is -2.26. The standard InChI is InChI=1S/C13H15N3O/c1-16-12-5-4-11(15-8-2-7-14)9-10(12)3-6-13(16)17/h4-5,9,15H,2-3,6,8H2,1H3. The molecule has 1 amide bonds. The molecular formula is C13H15N3O. The molecular weight excluding hydrogens is 214 g/mol. The van der Waals surface area contributed by atoms with E-state index in [9.17, 15) is 4.79 Å². The van der Waals surface area contributed by atoms with Gasteiger partial charge in [0.25, 0.3) is 0 Å². The van der Waals surface area contributed by atoms with Crippen molar-refractivity contribution in [3.8, 4) is 6.07 Å². The molecule has 0 bridgehead atoms. The number of carbonyl (C=O) groups is 1. The van der Waals surface area contributed by atoms with Gasteiger partial charge in [0.2, 0.25) is 5.91 Å². The first-order valence-corrected chi connectivity index (χ1v) is 5.72. The van der Waals surface area contributed by atoms with Gasteiger partial charge in [-0.1, -0.05) is 0 Å². The highest BCUT2D eigenvalue weighted by molar-refractivity contribution is 5.96. The second-order valence-corrected chi connectivity index (χ2v) is 4.13. The number of nitriles is 1. The summed E-state index contributed by atoms with van der Waals surface area (Å²) in [7, 11) is 1.81. The van der Waals surface area contributed by atoms with Gasteiger partial charge in [0.15, 0.2) is 0 Å². The lowest BCUT2D eigenvalue weighted by Crippen LogP contribution is -2.31. The van der Waals surface area contributed by atoms with Gasteiger partial charge < -0.3 is 10.2 Å². The highest BCUT2D eigenvalue weighted by Crippen LogP contribution is 2.29. The van der Waals surface area contributed by atoms with Crippen LogP contribution >= 0.6 is 0 Å². The fourth-order valence-corrected chi connectivity index (χ4v) is 2.03. The number of carbonyl (C=O) groups excluding carboxylic acids is 1. The molecule has 1 aromatic rings. The summed E-state index contributed by atoms with van der Waals surface area (Å²) in [4.78, 5) is 13.2. The third kappa shape index (κ3) is 2.39. The minimum Gasteiger partial charge on any atom is -0.384 e. The molecule has 1 N–H and O–H groups in total. The van der Waals surface area contributed by atoms with Gasteiger partial charge in [-0.15, -0.1) is 0 Å². The van der Waals surface area contributed by atoms with Crippen LogP contribution in [0.2, 0.25) is 0 Å². The van der Waals surface area contributed by atoms with E-state index in [0.717, 1.165) is 17.8 Å². The average molecular weight is 229 g/mol. The molecule has 17 heavy (non-hydrogen) atoms. The van der Waals surface area contributed by atoms with Crippen LogP contribution in [0.3, 0.4) is 0 Å². The van der Waals surface area contributed by atoms with Gasteiger partial charge in [-0.25, -0.2) is 0 Å². The molecule has 0 radical (unpaired) electrons. The van der Waals surface area contributed by atoms with Crippen LogP contribution in [0.4, 0.5) is 11.4 Å². The first kappa shape index (κ1) is 11.5. The molecule has 1 heterocycles. The van der Waals surface area contributed by atoms with Crippen molar-refractivity contribution in [2.24, 2.45) is 0 Å². The number of hydrogen-bond donors (Lipinski definition) is 1. The van der Waals surface area contributed by atoms with Crippen LogP contribution in [-0.4, -0.2) is 19.5 Å². The molecule has 0 atom stereocenters. The number of rotatable bonds is 3. The zero-order valence-corrected chi connectivity index (χ0v) is 9.86. The molecule has 0 spiro atoms. The number of fused-ring (bicyclic) bond motifs is 1. The number of benzene rings is 1. The van der Waals surface area contributed by atoms with E-state index in [4.69, 9.17) is 5.26 Å². The van der Waals surface area contributed by atoms with E-state index in [1.165, 1.54) is 5.56 Å². The first-order valence-electron chi connectivity index (χ1n) is 5.72. The molecule has 1 aliphatic heterocycles. The van der Waals surface area contributed by atoms with Crippen molar-refractivity contribution in [3.05, 3.63) is 23.8 Å². The second kappa shape index (κ2) is 4.88. The molecule has 0 fully saturated rings. The maximum Gasteiger partial charge on any atom is 0.227 e. The summed E-state index contributed by atoms with van der Waals surface area (Å²) in [5, 5.41) is 11.7. The Morgan fingerprint density at radius 2 is 2.29 bits per heavy atom. The van der Waals surface area contributed by atoms with Crippen molar-refractivity contribution < 1.29 is 4.79 Å². The van der Waals surface area contributed by atoms with E-state index in [0.29, 0.717) is 19.4 Å². The van der Waals surface area contributed by atoms with Gasteiger partial charge in [0.05, 0.1) is 12.5 Å². The van der Waals surface area contributed by atoms with E-state index in [1.54, 1.807) is 4.90 Å². The highest BCUT2D eigenvalue weighted by atomic mass is 16.2. The lowest BCUT2D eigenvalue weighted by atomic mass is 10.0. The van der Waals surface area contributed by atoms with Crippen LogP contribution in [0.5, 0.6) is 0 Å². The molecule has 0 saturated carbocycles. The molecule has 88 valence electrons. The predicted molar refractivity (Wildman–Crippen MR) is 66.9 cm³/mol. The Morgan fingerprint density at radius 1 is 1.47 bits per heavy atom. The Hall–Kier alpha value is -2.02. The molecule has 1 aromatic carbocycles. The van der Waals surface area contributed by atoms with Crippen LogP contribution in [0, 0.1) is 11.3 Å². The van der Waals surface area contributed by atoms with Crippen molar-refractivity contribution in [1.82, 2.24) is 0 Å². The van der Waals surface area contributed by atoms with Gasteiger partial charge in [-0.3, -0.25) is 4.79 Å². The molecule has 4 nitrogen and oxygen atoms in total. The highest BCUT2D eigenvalue weighted by Gasteiger charge is 2.20. The minimum atomic E-state index is 0.169. The van der Waals surface area contributed by atoms with E-state index in [1.807, 2.05) is 19.2 Å². The summed E-state index contributed by atoms with van der Waals surface area (Å²) < 4.78 is 0. The minimum absolute atomic E-state index is 0.169. The smallest absolute Gasteiger partial charge is 0.227 e. The molecule has 4 heteroatoms. The van der Waals surface area contributed by atoms with Crippen molar-refractivity contribution >= 4 is 17.3 Å². The number of aryl methyl sites for hydroxylation is 1. The van der Waals surface area contributed by atoms with Crippen molar-refractivity contribution in [1.29, 1.82) is 5.26 Å². The molecule has 0 saturated heterocycles. The number of amides is 1. The Bertz CT molecular complexity index is 476. The maximum absolute atomic E-state index is 11.5. The molecule has 0 aliphatic carbocycles. The Kier molecular flexibility index (Phi) is 3.29. The van der Waals surface area contributed by atoms with Crippen LogP contribution in [0.1, 0.15) is 18.4 Å². The normalized spacial score (nSPS) is 14.1. The first-order chi connectivity index (χ1) is 8.22. The van der Waals surface area contributed by atoms with Crippen molar-refractivity contribution in [2.45, 2.75) is 19.3 Å². The van der Waals surface area contributed by atoms with Gasteiger partial charge >= 0.3 is 0 Å². The van der Waals surface area contributed by atoms with Gasteiger partial charge in [0, 0.05) is 31.4 Å². The zero-order valence-electron chi connectivity index (χ0n) is 9.86. The molecule has 0 unspecified atom stereocenters. The largest absolute Gasteiger partial charge is 0.384 e. The summed E-state index contributed by atoms with van der Waals surface area (Å²) in [5.41, 5.74) is 3.20. The fraction of sp³-hybridized carbons (Fsp3) is 0.385. The van der Waals surface area contributed by atoms with Gasteiger partial charge in [-0.05, 0) is 30.2 Å². The third-order valence-electron chi connectivity index (χ3n) is 2.99. The van der Waals surface area contributed by atoms with Crippen LogP contribution in [0.25, 0.3) is 0 Å². The van der Waals surface area contributed by atoms with E-state index < -0.39 is 0 Å². The monoisotopic (exact) mass is 229 g/mol. The van der Waals surface area contributed by atoms with Crippen LogP contribution < -0.4 is 10.2 Å². The molecule has 1 aliphatic rings. The Labute approximate surface area is 101 Å². The lowest BCUT2D eigenvalue weighted by molar-refractivity contribution is -0.118. The van der Waals surface area contributed by atoms with Gasteiger partial charge in [0.1, 0.15) is 0 Å². The number of nitrogens with zero attached hydrogens (tertiary/aromatic N) is 2. The Morgan fingerprint density at radius 3 is 3.06 bits per heavy atom. The van der Waals surface area contributed by atoms with Crippen LogP contribution in [0.15, 0.2) is 18.2 Å². The average Bonchev–Trinajstić information content (AvgIpc) is 2.34. The van der Waals surface area contributed by atoms with Crippen molar-refractivity contribution in [3.63, 3.8) is 0 Å². The summed E-state index contributed by atoms with van der Waals surface area (Å²) in [5.74, 6) is 0.169. The molecule has 2 rings (SSSR count). The SMILES string of the molecule is CN1C(=O)CCc2cc(NCCC#N)ccc21. The quantitative estimate of drug-likeness (QED) is 0.806. The predicted octanol–water partition coefficient (Wildman–Crippen LogP) is 1.92. The number of hydrogen-bond acceptors (Lipinski definition) is 3. The summed E-state index contributed by atoms with van der Waals surface area (Å²) in [6, 6.07) is 8.07. The van der Waals surface area contributed by atoms with E-state index >= 15 is 0 Å². The van der Waals surface area contributed by atoms with E-state index in [-0.39, 0.29) is 5.91 Å². The number of nitrogens with one attached hydrogen (secondary N) is 1. The van der Waals surface area contributed by atoms with Crippen molar-refractivity contribution in [2.75, 3.05) is 23.8 Å². The summed E-state index contributed by atoms with van der Waals surface area (Å²) in [6.45, 7) is 0.657. The topological polar surface area (TPSA) is 56.1 Å². The van der Waals surface area contributed by atoms with Crippen LogP contribution in [-0.2, 0) is 11.2 Å².